The molecule has 0 heterocycles. The van der Waals surface area contributed by atoms with Gasteiger partial charge in [0.05, 0.1) is 19.5 Å². The first-order chi connectivity index (χ1) is 7.89. The first-order valence-electron chi connectivity index (χ1n) is 4.64. The van der Waals surface area contributed by atoms with Crippen LogP contribution in [-0.4, -0.2) is 22.6 Å². The predicted octanol–water partition coefficient (Wildman–Crippen LogP) is 2.05. The molecule has 1 aromatic rings. The molecule has 0 aliphatic carbocycles. The molecular formula is C10H12ClFO4S. The average Bonchev–Trinajstić information content (AvgIpc) is 2.21. The number of benzene rings is 1. The molecule has 7 heteroatoms. The van der Waals surface area contributed by atoms with Gasteiger partial charge >= 0.3 is 0 Å². The monoisotopic (exact) mass is 282 g/mol. The zero-order chi connectivity index (χ0) is 13.1. The van der Waals surface area contributed by atoms with Gasteiger partial charge in [0, 0.05) is 28.9 Å². The first-order valence-corrected chi connectivity index (χ1v) is 7.12. The van der Waals surface area contributed by atoms with E-state index in [0.29, 0.717) is 5.56 Å². The molecule has 0 amide bonds. The Hall–Kier alpha value is -0.850. The molecule has 96 valence electrons. The molecule has 1 aromatic carbocycles. The van der Waals surface area contributed by atoms with Crippen LogP contribution in [0, 0.1) is 5.82 Å². The Morgan fingerprint density at radius 3 is 2.35 bits per heavy atom. The lowest BCUT2D eigenvalue weighted by molar-refractivity contribution is 0.180. The summed E-state index contributed by atoms with van der Waals surface area (Å²) in [5.41, 5.74) is 0.472. The minimum atomic E-state index is -3.76. The average molecular weight is 283 g/mol. The van der Waals surface area contributed by atoms with Crippen LogP contribution in [0.5, 0.6) is 5.75 Å². The molecule has 0 radical (unpaired) electrons. The summed E-state index contributed by atoms with van der Waals surface area (Å²) in [7, 11) is 4.06. The van der Waals surface area contributed by atoms with E-state index in [9.17, 15) is 12.8 Å². The normalized spacial score (nSPS) is 11.5. The van der Waals surface area contributed by atoms with Crippen LogP contribution < -0.4 is 4.74 Å². The van der Waals surface area contributed by atoms with E-state index in [1.54, 1.807) is 0 Å². The van der Waals surface area contributed by atoms with Gasteiger partial charge in [-0.1, -0.05) is 12.1 Å². The third kappa shape index (κ3) is 3.83. The number of ether oxygens (including phenoxy) is 2. The number of hydrogen-bond donors (Lipinski definition) is 0. The van der Waals surface area contributed by atoms with E-state index < -0.39 is 20.6 Å². The van der Waals surface area contributed by atoms with Crippen molar-refractivity contribution in [2.24, 2.45) is 0 Å². The fourth-order valence-corrected chi connectivity index (χ4v) is 2.38. The van der Waals surface area contributed by atoms with Crippen LogP contribution in [0.4, 0.5) is 4.39 Å². The molecule has 0 unspecified atom stereocenters. The summed E-state index contributed by atoms with van der Waals surface area (Å²) in [6.07, 6.45) is 0. The number of halogens is 2. The molecule has 0 saturated heterocycles. The molecule has 0 aliphatic rings. The lowest BCUT2D eigenvalue weighted by Gasteiger charge is -2.11. The molecule has 0 aromatic heterocycles. The Kier molecular flexibility index (Phi) is 4.73. The van der Waals surface area contributed by atoms with Crippen LogP contribution >= 0.6 is 10.7 Å². The molecule has 0 N–H and O–H groups in total. The van der Waals surface area contributed by atoms with Crippen molar-refractivity contribution in [2.45, 2.75) is 12.4 Å². The molecule has 0 saturated carbocycles. The second-order valence-electron chi connectivity index (χ2n) is 3.35. The molecule has 0 bridgehead atoms. The second kappa shape index (κ2) is 5.66. The Balaban J connectivity index is 3.21. The maximum Gasteiger partial charge on any atom is 0.236 e. The van der Waals surface area contributed by atoms with Crippen molar-refractivity contribution < 1.29 is 22.3 Å². The van der Waals surface area contributed by atoms with Gasteiger partial charge in [-0.15, -0.1) is 0 Å². The standard InChI is InChI=1S/C10H12ClFO4S/c1-15-5-7-3-4-8(6-17(11,13)14)10(16-2)9(7)12/h3-4H,5-6H2,1-2H3. The van der Waals surface area contributed by atoms with E-state index in [1.807, 2.05) is 0 Å². The van der Waals surface area contributed by atoms with E-state index in [1.165, 1.54) is 26.4 Å². The van der Waals surface area contributed by atoms with Crippen LogP contribution in [0.15, 0.2) is 12.1 Å². The first kappa shape index (κ1) is 14.2. The molecule has 17 heavy (non-hydrogen) atoms. The van der Waals surface area contributed by atoms with E-state index >= 15 is 0 Å². The Bertz CT molecular complexity index is 501. The molecular weight excluding hydrogens is 271 g/mol. The summed E-state index contributed by atoms with van der Waals surface area (Å²) in [5.74, 6) is -1.24. The third-order valence-corrected chi connectivity index (χ3v) is 3.07. The van der Waals surface area contributed by atoms with Gasteiger partial charge in [0.1, 0.15) is 0 Å². The molecule has 0 fully saturated rings. The smallest absolute Gasteiger partial charge is 0.236 e. The predicted molar refractivity (Wildman–Crippen MR) is 62.1 cm³/mol. The van der Waals surface area contributed by atoms with E-state index in [2.05, 4.69) is 0 Å². The van der Waals surface area contributed by atoms with Gasteiger partial charge in [-0.2, -0.15) is 0 Å². The van der Waals surface area contributed by atoms with Crippen molar-refractivity contribution in [3.63, 3.8) is 0 Å². The third-order valence-electron chi connectivity index (χ3n) is 2.09. The number of rotatable bonds is 5. The summed E-state index contributed by atoms with van der Waals surface area (Å²) < 4.78 is 45.4. The lowest BCUT2D eigenvalue weighted by atomic mass is 10.1. The summed E-state index contributed by atoms with van der Waals surface area (Å²) >= 11 is 0. The van der Waals surface area contributed by atoms with E-state index in [0.717, 1.165) is 0 Å². The Morgan fingerprint density at radius 1 is 1.29 bits per heavy atom. The largest absolute Gasteiger partial charge is 0.493 e. The van der Waals surface area contributed by atoms with E-state index in [4.69, 9.17) is 20.2 Å². The van der Waals surface area contributed by atoms with Crippen LogP contribution in [-0.2, 0) is 26.1 Å². The van der Waals surface area contributed by atoms with Gasteiger partial charge in [-0.25, -0.2) is 12.8 Å². The van der Waals surface area contributed by atoms with Crippen LogP contribution in [0.25, 0.3) is 0 Å². The SMILES string of the molecule is COCc1ccc(CS(=O)(=O)Cl)c(OC)c1F. The number of hydrogen-bond acceptors (Lipinski definition) is 4. The Labute approximate surface area is 104 Å². The molecule has 1 rings (SSSR count). The highest BCUT2D eigenvalue weighted by atomic mass is 35.7. The highest BCUT2D eigenvalue weighted by Gasteiger charge is 2.18. The summed E-state index contributed by atoms with van der Waals surface area (Å²) in [6, 6.07) is 2.90. The summed E-state index contributed by atoms with van der Waals surface area (Å²) in [4.78, 5) is 0. The highest BCUT2D eigenvalue weighted by molar-refractivity contribution is 8.13. The molecule has 4 nitrogen and oxygen atoms in total. The van der Waals surface area contributed by atoms with Crippen LogP contribution in [0.1, 0.15) is 11.1 Å². The van der Waals surface area contributed by atoms with Crippen molar-refractivity contribution in [2.75, 3.05) is 14.2 Å². The fraction of sp³-hybridized carbons (Fsp3) is 0.400. The van der Waals surface area contributed by atoms with E-state index in [-0.39, 0.29) is 17.9 Å². The van der Waals surface area contributed by atoms with Gasteiger partial charge < -0.3 is 9.47 Å². The zero-order valence-corrected chi connectivity index (χ0v) is 10.9. The van der Waals surface area contributed by atoms with Crippen molar-refractivity contribution in [3.05, 3.63) is 29.1 Å². The van der Waals surface area contributed by atoms with Gasteiger partial charge in [0.2, 0.25) is 9.05 Å². The molecule has 0 atom stereocenters. The van der Waals surface area contributed by atoms with Crippen molar-refractivity contribution in [3.8, 4) is 5.75 Å². The van der Waals surface area contributed by atoms with Gasteiger partial charge in [0.25, 0.3) is 0 Å². The Morgan fingerprint density at radius 2 is 1.88 bits per heavy atom. The van der Waals surface area contributed by atoms with Crippen LogP contribution in [0.2, 0.25) is 0 Å². The highest BCUT2D eigenvalue weighted by Crippen LogP contribution is 2.28. The quantitative estimate of drug-likeness (QED) is 0.776. The van der Waals surface area contributed by atoms with Crippen molar-refractivity contribution >= 4 is 19.7 Å². The summed E-state index contributed by atoms with van der Waals surface area (Å²) in [6.45, 7) is 0.0795. The van der Waals surface area contributed by atoms with Gasteiger partial charge in [-0.3, -0.25) is 0 Å². The minimum absolute atomic E-state index is 0.0795. The minimum Gasteiger partial charge on any atom is -0.493 e. The topological polar surface area (TPSA) is 52.6 Å². The molecule has 0 spiro atoms. The fourth-order valence-electron chi connectivity index (χ4n) is 1.42. The number of methoxy groups -OCH3 is 2. The maximum atomic E-state index is 13.9. The van der Waals surface area contributed by atoms with Gasteiger partial charge in [-0.05, 0) is 0 Å². The molecule has 0 aliphatic heterocycles. The van der Waals surface area contributed by atoms with Crippen molar-refractivity contribution in [1.82, 2.24) is 0 Å². The lowest BCUT2D eigenvalue weighted by Crippen LogP contribution is -2.03. The maximum absolute atomic E-state index is 13.9. The zero-order valence-electron chi connectivity index (χ0n) is 9.37. The van der Waals surface area contributed by atoms with Crippen LogP contribution in [0.3, 0.4) is 0 Å². The van der Waals surface area contributed by atoms with Gasteiger partial charge in [0.15, 0.2) is 11.6 Å². The second-order valence-corrected chi connectivity index (χ2v) is 6.12. The van der Waals surface area contributed by atoms with Crippen molar-refractivity contribution in [1.29, 1.82) is 0 Å². The summed E-state index contributed by atoms with van der Waals surface area (Å²) in [5, 5.41) is 0.